The molecule has 4 aromatic heterocycles. The number of nitrogens with one attached hydrogen (secondary N) is 1. The fourth-order valence-corrected chi connectivity index (χ4v) is 11.2. The summed E-state index contributed by atoms with van der Waals surface area (Å²) in [6.45, 7) is -0.181. The van der Waals surface area contributed by atoms with Gasteiger partial charge in [-0.1, -0.05) is 169 Å². The number of aromatic amines is 1. The first-order chi connectivity index (χ1) is 41.0. The first-order valence-corrected chi connectivity index (χ1v) is 25.6. The van der Waals surface area contributed by atoms with Crippen molar-refractivity contribution in [2.75, 3.05) is 7.15 Å². The van der Waals surface area contributed by atoms with Crippen LogP contribution in [0.2, 0.25) is 10.0 Å². The van der Waals surface area contributed by atoms with Gasteiger partial charge in [-0.15, -0.1) is 0 Å². The van der Waals surface area contributed by atoms with E-state index in [-0.39, 0.29) is 121 Å². The van der Waals surface area contributed by atoms with Crippen LogP contribution in [0.25, 0.3) is 104 Å². The Hall–Kier alpha value is -7.64. The zero-order chi connectivity index (χ0) is 59.2. The van der Waals surface area contributed by atoms with E-state index in [0.717, 1.165) is 71.5 Å². The molecule has 0 saturated heterocycles. The molecule has 0 aliphatic carbocycles. The van der Waals surface area contributed by atoms with E-state index >= 15 is 0 Å². The van der Waals surface area contributed by atoms with Gasteiger partial charge in [-0.3, -0.25) is 9.18 Å². The Labute approximate surface area is 579 Å². The van der Waals surface area contributed by atoms with Crippen LogP contribution in [0.5, 0.6) is 0 Å². The number of H-pyrrole nitrogens is 1. The molecule has 19 heteroatoms. The molecule has 0 saturated carbocycles. The summed E-state index contributed by atoms with van der Waals surface area (Å²) in [6.07, 6.45) is 0. The fourth-order valence-electron chi connectivity index (χ4n) is 10.7. The topological polar surface area (TPSA) is 175 Å². The molecule has 0 unspecified atom stereocenters. The van der Waals surface area contributed by atoms with Crippen LogP contribution in [0.15, 0.2) is 194 Å². The molecule has 0 atom stereocenters. The Bertz CT molecular complexity index is 4820. The predicted octanol–water partition coefficient (Wildman–Crippen LogP) is 10.3. The van der Waals surface area contributed by atoms with Crippen LogP contribution in [0.4, 0.5) is 17.6 Å². The molecular formula is C66H38Cl2F4K2N8O3. The van der Waals surface area contributed by atoms with Crippen molar-refractivity contribution in [1.29, 1.82) is 21.0 Å². The van der Waals surface area contributed by atoms with Crippen LogP contribution in [0, 0.1) is 62.8 Å². The molecule has 0 spiro atoms. The second-order valence-electron chi connectivity index (χ2n) is 18.1. The molecule has 14 rings (SSSR count). The van der Waals surface area contributed by atoms with Gasteiger partial charge in [0.25, 0.3) is 6.47 Å². The molecule has 404 valence electrons. The number of alkyl halides is 1. The van der Waals surface area contributed by atoms with E-state index in [1.807, 2.05) is 84.9 Å². The van der Waals surface area contributed by atoms with Crippen molar-refractivity contribution >= 4 is 117 Å². The van der Waals surface area contributed by atoms with Gasteiger partial charge >= 0.3 is 103 Å². The number of benzene rings is 10. The predicted molar refractivity (Wildman–Crippen MR) is 316 cm³/mol. The largest absolute Gasteiger partial charge is 1.00 e. The van der Waals surface area contributed by atoms with Crippen LogP contribution < -0.4 is 108 Å². The van der Waals surface area contributed by atoms with Gasteiger partial charge in [0.2, 0.25) is 0 Å². The van der Waals surface area contributed by atoms with E-state index in [9.17, 15) is 28.1 Å². The second-order valence-corrected chi connectivity index (χ2v) is 18.8. The maximum atomic E-state index is 13.0. The van der Waals surface area contributed by atoms with Gasteiger partial charge in [0.15, 0.2) is 17.5 Å². The summed E-state index contributed by atoms with van der Waals surface area (Å²) in [5.74, 6) is -4.74. The summed E-state index contributed by atoms with van der Waals surface area (Å²) in [5.41, 5.74) is 8.09. The smallest absolute Gasteiger partial charge is 1.00 e. The number of aromatic nitrogens is 4. The van der Waals surface area contributed by atoms with Crippen LogP contribution in [0.3, 0.4) is 0 Å². The maximum absolute atomic E-state index is 13.0. The number of carbonyl (C=O) groups is 1. The van der Waals surface area contributed by atoms with E-state index < -0.39 is 40.8 Å². The number of para-hydroxylation sites is 8. The molecular weight excluding hydrogens is 1180 g/mol. The summed E-state index contributed by atoms with van der Waals surface area (Å²) < 4.78 is 60.5. The van der Waals surface area contributed by atoms with Gasteiger partial charge < -0.3 is 30.3 Å². The Morgan fingerprint density at radius 1 is 0.447 bits per heavy atom. The molecule has 1 N–H and O–H groups in total. The number of carbonyl (C=O) groups excluding carboxylic acids is 1. The summed E-state index contributed by atoms with van der Waals surface area (Å²) in [7, 11) is -1.00. The average molecular weight is 1220 g/mol. The van der Waals surface area contributed by atoms with Crippen LogP contribution in [0.1, 0.15) is 25.1 Å². The molecule has 85 heavy (non-hydrogen) atoms. The van der Waals surface area contributed by atoms with E-state index in [1.165, 1.54) is 27.9 Å². The number of nitriles is 4. The maximum Gasteiger partial charge on any atom is 1.00 e. The van der Waals surface area contributed by atoms with E-state index in [0.29, 0.717) is 22.6 Å². The third-order valence-corrected chi connectivity index (χ3v) is 14.7. The number of halogens is 6. The zero-order valence-electron chi connectivity index (χ0n) is 46.9. The van der Waals surface area contributed by atoms with Crippen molar-refractivity contribution in [3.05, 3.63) is 244 Å². The van der Waals surface area contributed by atoms with Gasteiger partial charge in [-0.25, -0.2) is 13.2 Å². The van der Waals surface area contributed by atoms with E-state index in [4.69, 9.17) is 45.1 Å². The van der Waals surface area contributed by atoms with Crippen molar-refractivity contribution in [2.45, 2.75) is 0 Å². The van der Waals surface area contributed by atoms with Crippen molar-refractivity contribution in [3.8, 4) is 41.3 Å². The normalized spacial score (nSPS) is 10.6. The number of fused-ring (bicyclic) bond motifs is 12. The van der Waals surface area contributed by atoms with Crippen molar-refractivity contribution in [2.24, 2.45) is 0 Å². The van der Waals surface area contributed by atoms with Crippen LogP contribution in [-0.2, 0) is 9.68 Å². The van der Waals surface area contributed by atoms with Crippen LogP contribution in [-0.4, -0.2) is 32.3 Å². The van der Waals surface area contributed by atoms with E-state index in [2.05, 4.69) is 145 Å². The number of rotatable bonds is 4. The van der Waals surface area contributed by atoms with Crippen molar-refractivity contribution < 1.29 is 138 Å². The van der Waals surface area contributed by atoms with Crippen molar-refractivity contribution in [3.63, 3.8) is 0 Å². The molecule has 0 amide bonds. The first-order valence-electron chi connectivity index (χ1n) is 25.6. The Morgan fingerprint density at radius 2 is 0.706 bits per heavy atom. The third kappa shape index (κ3) is 11.3. The minimum absolute atomic E-state index is 0. The fraction of sp³-hybridized carbons (Fsp3) is 0.0152. The molecule has 0 bridgehead atoms. The van der Waals surface area contributed by atoms with Gasteiger partial charge in [0.05, 0.1) is 74.3 Å². The summed E-state index contributed by atoms with van der Waals surface area (Å²) in [6, 6.07) is 73.3. The number of hydrogen-bond donors (Lipinski definition) is 1. The molecule has 10 aromatic carbocycles. The Kier molecular flexibility index (Phi) is 20.4. The molecule has 0 fully saturated rings. The molecule has 0 aliphatic rings. The average Bonchev–Trinajstić information content (AvgIpc) is 1.80. The van der Waals surface area contributed by atoms with E-state index in [1.54, 1.807) is 0 Å². The SMILES string of the molecule is N#Cc1c(Cl)c(-n2c3ccccc3c3ccccc32)c(C#N)c(-n2c3ccccc3c3ccccc32)c1-n1c2ccccc2c2ccccc21.N#Cc1c(F)c(F)c(C#N)c(Cl)c1F.O=CO[O-].[2H]CF.[H-].[K+].[K+].c1ccc2c(c1)[nH]c1ccccc12. The molecule has 0 radical (unpaired) electrons. The minimum atomic E-state index is -1.70. The Morgan fingerprint density at radius 3 is 1.01 bits per heavy atom. The van der Waals surface area contributed by atoms with Crippen molar-refractivity contribution in [1.82, 2.24) is 18.7 Å². The summed E-state index contributed by atoms with van der Waals surface area (Å²) in [5, 5.41) is 56.0. The summed E-state index contributed by atoms with van der Waals surface area (Å²) >= 11 is 12.8. The first kappa shape index (κ1) is 61.9. The quantitative estimate of drug-likeness (QED) is 0.0456. The second kappa shape index (κ2) is 28.0. The van der Waals surface area contributed by atoms with Gasteiger partial charge in [-0.05, 0) is 48.5 Å². The monoisotopic (exact) mass is 1220 g/mol. The number of nitrogens with zero attached hydrogens (tertiary/aromatic N) is 7. The zero-order valence-corrected chi connectivity index (χ0v) is 52.6. The van der Waals surface area contributed by atoms with Gasteiger partial charge in [0.1, 0.15) is 41.0 Å². The van der Waals surface area contributed by atoms with Crippen LogP contribution >= 0.6 is 23.2 Å². The number of hydrogen-bond acceptors (Lipinski definition) is 7. The standard InChI is InChI=1S/C44H24ClN5.C12H9N.C8ClF3N2.CH3F.CH2O3.2K.H/c45-41-33(25-46)43(49-37-21-9-3-15-29(37)30-16-4-10-22-38(30)49)44(50-39-23-11-5-17-31(39)32-18-6-12-24-40(32)50)34(26-47)42(41)48-35-19-7-1-13-27(35)28-14-2-8-20-36(28)48;1-3-7-11-9(5-1)10-6-2-4-8-12(10)13-11;9-5-3(1-13)7(11)8(12)4(2-14)6(5)10;1-2;2-1-4-3;;;/h1-24H;1-8,13H;;1H3;1,3H;;;/q;;;;;2*+1;-1/p-1/i;;;1D;;;;. The molecule has 14 aromatic rings. The molecule has 0 aliphatic heterocycles. The third-order valence-electron chi connectivity index (χ3n) is 13.9. The Balaban J connectivity index is 0.000000238. The minimum Gasteiger partial charge on any atom is -1.00 e. The molecule has 11 nitrogen and oxygen atoms in total. The van der Waals surface area contributed by atoms with Gasteiger partial charge in [0, 0.05) is 54.1 Å². The molecule has 4 heterocycles. The van der Waals surface area contributed by atoms with Gasteiger partial charge in [-0.2, -0.15) is 21.0 Å². The summed E-state index contributed by atoms with van der Waals surface area (Å²) in [4.78, 5) is 14.6.